The summed E-state index contributed by atoms with van der Waals surface area (Å²) in [6.07, 6.45) is 5.17. The van der Waals surface area contributed by atoms with E-state index in [4.69, 9.17) is 5.73 Å². The predicted octanol–water partition coefficient (Wildman–Crippen LogP) is 1.85. The lowest BCUT2D eigenvalue weighted by Gasteiger charge is -2.07. The van der Waals surface area contributed by atoms with Gasteiger partial charge in [0.25, 0.3) is 0 Å². The number of aromatic nitrogens is 3. The number of nitrogens with two attached hydrogens (primary N) is 1. The molecule has 0 saturated heterocycles. The van der Waals surface area contributed by atoms with Crippen molar-refractivity contribution >= 4 is 38.5 Å². The van der Waals surface area contributed by atoms with Crippen LogP contribution in [0.3, 0.4) is 0 Å². The monoisotopic (exact) mass is 332 g/mol. The van der Waals surface area contributed by atoms with Gasteiger partial charge < -0.3 is 10.3 Å². The highest BCUT2D eigenvalue weighted by molar-refractivity contribution is 9.11. The maximum Gasteiger partial charge on any atom is 0.163 e. The Labute approximate surface area is 124 Å². The van der Waals surface area contributed by atoms with Crippen molar-refractivity contribution in [2.45, 2.75) is 13.5 Å². The Morgan fingerprint density at radius 2 is 2.30 bits per heavy atom. The summed E-state index contributed by atoms with van der Waals surface area (Å²) in [5.74, 6) is 1.10. The highest BCUT2D eigenvalue weighted by Crippen LogP contribution is 2.17. The molecular weight excluding hydrogens is 320 g/mol. The highest BCUT2D eigenvalue weighted by atomic mass is 79.9. The topological polar surface area (TPSA) is 81.5 Å². The van der Waals surface area contributed by atoms with E-state index in [0.717, 1.165) is 27.9 Å². The lowest BCUT2D eigenvalue weighted by Crippen LogP contribution is -2.27. The number of fused-ring (bicyclic) bond motifs is 1. The molecule has 2 N–H and O–H groups in total. The Morgan fingerprint density at radius 3 is 3.10 bits per heavy atom. The minimum absolute atomic E-state index is 0.373. The molecule has 0 fully saturated rings. The average Bonchev–Trinajstić information content (AvgIpc) is 2.74. The van der Waals surface area contributed by atoms with Gasteiger partial charge >= 0.3 is 0 Å². The Bertz CT molecular complexity index is 755. The van der Waals surface area contributed by atoms with E-state index in [1.807, 2.05) is 6.07 Å². The third-order valence-corrected chi connectivity index (χ3v) is 3.51. The molecule has 2 aromatic rings. The molecule has 0 unspecified atom stereocenters. The van der Waals surface area contributed by atoms with Gasteiger partial charge in [-0.15, -0.1) is 0 Å². The molecule has 0 aliphatic carbocycles. The zero-order valence-electron chi connectivity index (χ0n) is 10.9. The minimum Gasteiger partial charge on any atom is -0.382 e. The number of pyridine rings is 1. The molecule has 102 valence electrons. The highest BCUT2D eigenvalue weighted by Gasteiger charge is 2.19. The summed E-state index contributed by atoms with van der Waals surface area (Å²) in [5, 5.41) is 0. The van der Waals surface area contributed by atoms with Crippen LogP contribution in [0.5, 0.6) is 0 Å². The number of amidine groups is 1. The number of aliphatic imine (C=N–C) groups is 2. The summed E-state index contributed by atoms with van der Waals surface area (Å²) in [4.78, 5) is 17.4. The van der Waals surface area contributed by atoms with Crippen molar-refractivity contribution in [3.8, 4) is 0 Å². The molecule has 1 aliphatic heterocycles. The summed E-state index contributed by atoms with van der Waals surface area (Å²) in [5.41, 5.74) is 8.47. The summed E-state index contributed by atoms with van der Waals surface area (Å²) < 4.78 is 2.95. The second-order valence-electron chi connectivity index (χ2n) is 4.30. The van der Waals surface area contributed by atoms with E-state index in [9.17, 15) is 0 Å². The number of hydrogen-bond acceptors (Lipinski definition) is 5. The van der Waals surface area contributed by atoms with Crippen molar-refractivity contribution in [2.75, 3.05) is 6.54 Å². The molecule has 3 heterocycles. The van der Waals surface area contributed by atoms with Gasteiger partial charge in [-0.1, -0.05) is 15.9 Å². The van der Waals surface area contributed by atoms with Crippen molar-refractivity contribution in [1.82, 2.24) is 14.5 Å². The maximum atomic E-state index is 6.00. The van der Waals surface area contributed by atoms with Crippen LogP contribution in [0.1, 0.15) is 12.7 Å². The third-order valence-electron chi connectivity index (χ3n) is 3.05. The Morgan fingerprint density at radius 1 is 1.45 bits per heavy atom. The van der Waals surface area contributed by atoms with E-state index >= 15 is 0 Å². The summed E-state index contributed by atoms with van der Waals surface area (Å²) in [7, 11) is 0. The van der Waals surface area contributed by atoms with Crippen LogP contribution >= 0.6 is 15.9 Å². The maximum absolute atomic E-state index is 6.00. The molecule has 0 spiro atoms. The van der Waals surface area contributed by atoms with Crippen molar-refractivity contribution in [2.24, 2.45) is 15.7 Å². The molecule has 0 atom stereocenters. The molecule has 6 nitrogen and oxygen atoms in total. The van der Waals surface area contributed by atoms with Crippen LogP contribution in [-0.4, -0.2) is 32.6 Å². The number of hydrogen-bond donors (Lipinski definition) is 1. The van der Waals surface area contributed by atoms with Crippen molar-refractivity contribution in [1.29, 1.82) is 0 Å². The molecule has 7 heteroatoms. The molecule has 2 aromatic heterocycles. The zero-order chi connectivity index (χ0) is 14.1. The molecule has 0 amide bonds. The van der Waals surface area contributed by atoms with Crippen LogP contribution in [0.15, 0.2) is 39.1 Å². The van der Waals surface area contributed by atoms with E-state index in [0.29, 0.717) is 18.1 Å². The van der Waals surface area contributed by atoms with Crippen LogP contribution < -0.4 is 5.73 Å². The van der Waals surface area contributed by atoms with E-state index in [-0.39, 0.29) is 0 Å². The number of aryl methyl sites for hydroxylation is 1. The van der Waals surface area contributed by atoms with Crippen LogP contribution in [0.4, 0.5) is 0 Å². The van der Waals surface area contributed by atoms with Gasteiger partial charge in [0.1, 0.15) is 11.2 Å². The van der Waals surface area contributed by atoms with Crippen molar-refractivity contribution in [3.05, 3.63) is 35.0 Å². The number of halogens is 1. The first-order valence-electron chi connectivity index (χ1n) is 6.24. The normalized spacial score (nSPS) is 15.6. The molecule has 20 heavy (non-hydrogen) atoms. The van der Waals surface area contributed by atoms with E-state index < -0.39 is 0 Å². The largest absolute Gasteiger partial charge is 0.382 e. The molecule has 0 radical (unpaired) electrons. The van der Waals surface area contributed by atoms with Crippen molar-refractivity contribution in [3.63, 3.8) is 0 Å². The van der Waals surface area contributed by atoms with Crippen molar-refractivity contribution < 1.29 is 0 Å². The van der Waals surface area contributed by atoms with Crippen LogP contribution in [0.25, 0.3) is 11.0 Å². The van der Waals surface area contributed by atoms with Gasteiger partial charge in [-0.05, 0) is 13.0 Å². The number of imidazole rings is 1. The van der Waals surface area contributed by atoms with E-state index in [2.05, 4.69) is 47.4 Å². The van der Waals surface area contributed by atoms with E-state index in [1.54, 1.807) is 18.6 Å². The van der Waals surface area contributed by atoms with Gasteiger partial charge in [0, 0.05) is 23.4 Å². The molecule has 3 rings (SSSR count). The standard InChI is InChI=1S/C13H13BrN6/c1-2-20-10-3-4-16-7-9(10)19-13(20)11-12(15)18-6-8(14)5-17-11/h3-4,6-7H,2,5H2,1H3,(H2,15,18). The smallest absolute Gasteiger partial charge is 0.163 e. The van der Waals surface area contributed by atoms with Gasteiger partial charge in [0.05, 0.1) is 18.3 Å². The first kappa shape index (κ1) is 13.0. The van der Waals surface area contributed by atoms with Crippen LogP contribution in [0.2, 0.25) is 0 Å². The van der Waals surface area contributed by atoms with Crippen LogP contribution in [0, 0.1) is 0 Å². The Kier molecular flexibility index (Phi) is 3.35. The molecule has 0 aromatic carbocycles. The molecule has 0 saturated carbocycles. The van der Waals surface area contributed by atoms with Gasteiger partial charge in [-0.25, -0.2) is 9.98 Å². The van der Waals surface area contributed by atoms with Gasteiger partial charge in [0.2, 0.25) is 0 Å². The summed E-state index contributed by atoms with van der Waals surface area (Å²) in [6, 6.07) is 1.94. The average molecular weight is 333 g/mol. The fourth-order valence-corrected chi connectivity index (χ4v) is 2.37. The number of nitrogens with zero attached hydrogens (tertiary/aromatic N) is 5. The zero-order valence-corrected chi connectivity index (χ0v) is 12.5. The fourth-order valence-electron chi connectivity index (χ4n) is 2.15. The predicted molar refractivity (Wildman–Crippen MR) is 83.2 cm³/mol. The molecule has 0 bridgehead atoms. The van der Waals surface area contributed by atoms with Gasteiger partial charge in [0.15, 0.2) is 11.7 Å². The second-order valence-corrected chi connectivity index (χ2v) is 5.32. The fraction of sp³-hybridized carbons (Fsp3) is 0.231. The minimum atomic E-state index is 0.373. The number of rotatable bonds is 2. The van der Waals surface area contributed by atoms with Crippen LogP contribution in [-0.2, 0) is 6.54 Å². The summed E-state index contributed by atoms with van der Waals surface area (Å²) >= 11 is 3.39. The molecular formula is C13H13BrN6. The Hall–Kier alpha value is -2.02. The first-order valence-corrected chi connectivity index (χ1v) is 7.03. The Balaban J connectivity index is 2.20. The van der Waals surface area contributed by atoms with Gasteiger partial charge in [-0.3, -0.25) is 9.98 Å². The lowest BCUT2D eigenvalue weighted by atomic mass is 10.3. The van der Waals surface area contributed by atoms with E-state index in [1.165, 1.54) is 0 Å². The van der Waals surface area contributed by atoms with Gasteiger partial charge in [-0.2, -0.15) is 0 Å². The third kappa shape index (κ3) is 2.14. The SMILES string of the molecule is CCn1c(C2=NCC(Br)=CN=C2N)nc2cnccc21. The quantitative estimate of drug-likeness (QED) is 0.911. The second kappa shape index (κ2) is 5.16. The molecule has 1 aliphatic rings. The summed E-state index contributed by atoms with van der Waals surface area (Å²) in [6.45, 7) is 3.34. The first-order chi connectivity index (χ1) is 9.70. The lowest BCUT2D eigenvalue weighted by molar-refractivity contribution is 0.778.